The molecule has 1 aliphatic heterocycles. The van der Waals surface area contributed by atoms with Gasteiger partial charge in [-0.15, -0.1) is 0 Å². The van der Waals surface area contributed by atoms with Gasteiger partial charge in [-0.1, -0.05) is 13.0 Å². The van der Waals surface area contributed by atoms with Gasteiger partial charge in [0.1, 0.15) is 13.2 Å². The quantitative estimate of drug-likeness (QED) is 0.855. The lowest BCUT2D eigenvalue weighted by atomic mass is 9.86. The molecule has 1 heterocycles. The molecule has 2 rings (SSSR count). The maximum atomic E-state index is 12.1. The fraction of sp³-hybridized carbons (Fsp3) is 0.533. The normalized spacial score (nSPS) is 16.4. The summed E-state index contributed by atoms with van der Waals surface area (Å²) in [6, 6.07) is 5.71. The van der Waals surface area contributed by atoms with Gasteiger partial charge >= 0.3 is 0 Å². The number of benzene rings is 1. The van der Waals surface area contributed by atoms with Gasteiger partial charge in [-0.2, -0.15) is 0 Å². The molecule has 0 spiro atoms. The summed E-state index contributed by atoms with van der Waals surface area (Å²) < 4.78 is 11.0. The van der Waals surface area contributed by atoms with Crippen molar-refractivity contribution in [2.24, 2.45) is 11.1 Å². The third kappa shape index (κ3) is 3.04. The van der Waals surface area contributed by atoms with Gasteiger partial charge < -0.3 is 20.5 Å². The van der Waals surface area contributed by atoms with Crippen molar-refractivity contribution in [2.75, 3.05) is 19.8 Å². The van der Waals surface area contributed by atoms with E-state index >= 15 is 0 Å². The molecule has 20 heavy (non-hydrogen) atoms. The van der Waals surface area contributed by atoms with Gasteiger partial charge in [0, 0.05) is 13.1 Å². The Kier molecular flexibility index (Phi) is 4.49. The second-order valence-electron chi connectivity index (χ2n) is 5.28. The van der Waals surface area contributed by atoms with Crippen LogP contribution in [0.15, 0.2) is 18.2 Å². The van der Waals surface area contributed by atoms with Crippen LogP contribution in [0.2, 0.25) is 0 Å². The summed E-state index contributed by atoms with van der Waals surface area (Å²) in [6.45, 7) is 5.79. The predicted octanol–water partition coefficient (Wildman–Crippen LogP) is 1.45. The van der Waals surface area contributed by atoms with Gasteiger partial charge in [-0.05, 0) is 31.0 Å². The maximum absolute atomic E-state index is 12.1. The third-order valence-corrected chi connectivity index (χ3v) is 3.84. The fourth-order valence-corrected chi connectivity index (χ4v) is 1.99. The highest BCUT2D eigenvalue weighted by molar-refractivity contribution is 5.82. The molecule has 0 aromatic heterocycles. The van der Waals surface area contributed by atoms with E-state index < -0.39 is 5.41 Å². The molecular weight excluding hydrogens is 256 g/mol. The van der Waals surface area contributed by atoms with Crippen molar-refractivity contribution < 1.29 is 14.3 Å². The summed E-state index contributed by atoms with van der Waals surface area (Å²) in [6.07, 6.45) is 0.719. The highest BCUT2D eigenvalue weighted by Gasteiger charge is 2.29. The number of carbonyl (C=O) groups is 1. The van der Waals surface area contributed by atoms with E-state index in [1.54, 1.807) is 0 Å². The Morgan fingerprint density at radius 3 is 2.70 bits per heavy atom. The summed E-state index contributed by atoms with van der Waals surface area (Å²) >= 11 is 0. The predicted molar refractivity (Wildman–Crippen MR) is 76.7 cm³/mol. The zero-order chi connectivity index (χ0) is 14.6. The van der Waals surface area contributed by atoms with Gasteiger partial charge in [0.2, 0.25) is 5.91 Å². The number of rotatable bonds is 5. The molecule has 1 aromatic carbocycles. The molecule has 0 saturated carbocycles. The fourth-order valence-electron chi connectivity index (χ4n) is 1.99. The molecule has 0 saturated heterocycles. The SMILES string of the molecule is CCC(C)(CN)C(=O)NCc1ccc2c(c1)OCCO2. The highest BCUT2D eigenvalue weighted by Crippen LogP contribution is 2.30. The molecule has 0 bridgehead atoms. The zero-order valence-electron chi connectivity index (χ0n) is 12.1. The molecule has 1 aromatic rings. The minimum absolute atomic E-state index is 0.0163. The number of carbonyl (C=O) groups excluding carboxylic acids is 1. The van der Waals surface area contributed by atoms with E-state index in [0.717, 1.165) is 23.5 Å². The first kappa shape index (κ1) is 14.7. The number of hydrogen-bond donors (Lipinski definition) is 2. The molecule has 1 unspecified atom stereocenters. The van der Waals surface area contributed by atoms with Crippen molar-refractivity contribution in [1.29, 1.82) is 0 Å². The summed E-state index contributed by atoms with van der Waals surface area (Å²) in [5.74, 6) is 1.48. The second kappa shape index (κ2) is 6.13. The first-order valence-electron chi connectivity index (χ1n) is 6.96. The van der Waals surface area contributed by atoms with Gasteiger partial charge in [-0.25, -0.2) is 0 Å². The average molecular weight is 278 g/mol. The van der Waals surface area contributed by atoms with Crippen molar-refractivity contribution in [3.8, 4) is 11.5 Å². The van der Waals surface area contributed by atoms with E-state index in [9.17, 15) is 4.79 Å². The van der Waals surface area contributed by atoms with Gasteiger partial charge in [0.05, 0.1) is 5.41 Å². The van der Waals surface area contributed by atoms with Crippen molar-refractivity contribution in [2.45, 2.75) is 26.8 Å². The Morgan fingerprint density at radius 1 is 1.35 bits per heavy atom. The van der Waals surface area contributed by atoms with Crippen LogP contribution in [0, 0.1) is 5.41 Å². The van der Waals surface area contributed by atoms with Crippen LogP contribution >= 0.6 is 0 Å². The number of amides is 1. The van der Waals surface area contributed by atoms with Crippen LogP contribution in [0.4, 0.5) is 0 Å². The third-order valence-electron chi connectivity index (χ3n) is 3.84. The lowest BCUT2D eigenvalue weighted by molar-refractivity contribution is -0.130. The molecule has 5 nitrogen and oxygen atoms in total. The average Bonchev–Trinajstić information content (AvgIpc) is 2.51. The standard InChI is InChI=1S/C15H22N2O3/c1-3-15(2,10-16)14(18)17-9-11-4-5-12-13(8-11)20-7-6-19-12/h4-5,8H,3,6-7,9-10,16H2,1-2H3,(H,17,18). The minimum atomic E-state index is -0.506. The Balaban J connectivity index is 1.99. The highest BCUT2D eigenvalue weighted by atomic mass is 16.6. The topological polar surface area (TPSA) is 73.6 Å². The molecule has 0 radical (unpaired) electrons. The van der Waals surface area contributed by atoms with Crippen LogP contribution in [0.5, 0.6) is 11.5 Å². The van der Waals surface area contributed by atoms with Crippen molar-refractivity contribution in [3.63, 3.8) is 0 Å². The lowest BCUT2D eigenvalue weighted by Gasteiger charge is -2.25. The van der Waals surface area contributed by atoms with Crippen LogP contribution in [-0.4, -0.2) is 25.7 Å². The van der Waals surface area contributed by atoms with Gasteiger partial charge in [0.15, 0.2) is 11.5 Å². The number of hydrogen-bond acceptors (Lipinski definition) is 4. The van der Waals surface area contributed by atoms with E-state index in [-0.39, 0.29) is 5.91 Å². The largest absolute Gasteiger partial charge is 0.486 e. The Labute approximate surface area is 119 Å². The molecular formula is C15H22N2O3. The molecule has 1 aliphatic rings. The maximum Gasteiger partial charge on any atom is 0.227 e. The lowest BCUT2D eigenvalue weighted by Crippen LogP contribution is -2.43. The number of nitrogens with one attached hydrogen (secondary N) is 1. The summed E-state index contributed by atoms with van der Waals surface area (Å²) in [5, 5.41) is 2.93. The van der Waals surface area contributed by atoms with Crippen LogP contribution < -0.4 is 20.5 Å². The van der Waals surface area contributed by atoms with Crippen LogP contribution in [0.1, 0.15) is 25.8 Å². The number of fused-ring (bicyclic) bond motifs is 1. The summed E-state index contributed by atoms with van der Waals surface area (Å²) in [5.41, 5.74) is 6.16. The molecule has 1 amide bonds. The second-order valence-corrected chi connectivity index (χ2v) is 5.28. The molecule has 0 fully saturated rings. The van der Waals surface area contributed by atoms with Crippen LogP contribution in [0.3, 0.4) is 0 Å². The molecule has 3 N–H and O–H groups in total. The van der Waals surface area contributed by atoms with E-state index in [0.29, 0.717) is 26.3 Å². The Morgan fingerprint density at radius 2 is 2.05 bits per heavy atom. The first-order chi connectivity index (χ1) is 9.59. The first-order valence-corrected chi connectivity index (χ1v) is 6.96. The van der Waals surface area contributed by atoms with Gasteiger partial charge in [-0.3, -0.25) is 4.79 Å². The Bertz CT molecular complexity index is 484. The summed E-state index contributed by atoms with van der Waals surface area (Å²) in [7, 11) is 0. The Hall–Kier alpha value is -1.75. The van der Waals surface area contributed by atoms with Gasteiger partial charge in [0.25, 0.3) is 0 Å². The monoisotopic (exact) mass is 278 g/mol. The van der Waals surface area contributed by atoms with E-state index in [2.05, 4.69) is 5.32 Å². The van der Waals surface area contributed by atoms with Crippen LogP contribution in [0.25, 0.3) is 0 Å². The van der Waals surface area contributed by atoms with Crippen molar-refractivity contribution in [3.05, 3.63) is 23.8 Å². The van der Waals surface area contributed by atoms with Crippen molar-refractivity contribution in [1.82, 2.24) is 5.32 Å². The van der Waals surface area contributed by atoms with E-state index in [1.165, 1.54) is 0 Å². The van der Waals surface area contributed by atoms with Crippen molar-refractivity contribution >= 4 is 5.91 Å². The number of nitrogens with two attached hydrogens (primary N) is 1. The number of ether oxygens (including phenoxy) is 2. The van der Waals surface area contributed by atoms with E-state index in [4.69, 9.17) is 15.2 Å². The summed E-state index contributed by atoms with van der Waals surface area (Å²) in [4.78, 5) is 12.1. The zero-order valence-corrected chi connectivity index (χ0v) is 12.1. The van der Waals surface area contributed by atoms with E-state index in [1.807, 2.05) is 32.0 Å². The smallest absolute Gasteiger partial charge is 0.227 e. The minimum Gasteiger partial charge on any atom is -0.486 e. The van der Waals surface area contributed by atoms with Crippen LogP contribution in [-0.2, 0) is 11.3 Å². The molecule has 5 heteroatoms. The molecule has 110 valence electrons. The molecule has 1 atom stereocenters. The molecule has 0 aliphatic carbocycles.